The van der Waals surface area contributed by atoms with Crippen LogP contribution in [0.5, 0.6) is 0 Å². The molecular formula is C19H28ClN3O3S. The van der Waals surface area contributed by atoms with E-state index in [-0.39, 0.29) is 16.8 Å². The Kier molecular flexibility index (Phi) is 6.78. The molecular weight excluding hydrogens is 386 g/mol. The molecule has 2 fully saturated rings. The van der Waals surface area contributed by atoms with Crippen molar-refractivity contribution >= 4 is 27.5 Å². The van der Waals surface area contributed by atoms with Crippen LogP contribution >= 0.6 is 11.6 Å². The van der Waals surface area contributed by atoms with E-state index in [2.05, 4.69) is 11.8 Å². The van der Waals surface area contributed by atoms with E-state index in [1.807, 2.05) is 4.90 Å². The number of piperidine rings is 1. The largest absolute Gasteiger partial charge is 0.339 e. The summed E-state index contributed by atoms with van der Waals surface area (Å²) in [7, 11) is -3.55. The molecule has 3 rings (SSSR count). The lowest BCUT2D eigenvalue weighted by Crippen LogP contribution is -2.56. The average molecular weight is 414 g/mol. The fourth-order valence-electron chi connectivity index (χ4n) is 3.94. The highest BCUT2D eigenvalue weighted by Gasteiger charge is 2.35. The Labute approximate surface area is 167 Å². The molecule has 27 heavy (non-hydrogen) atoms. The molecule has 1 aromatic rings. The molecule has 2 aliphatic rings. The highest BCUT2D eigenvalue weighted by molar-refractivity contribution is 7.89. The van der Waals surface area contributed by atoms with Crippen molar-refractivity contribution in [3.05, 3.63) is 29.3 Å². The van der Waals surface area contributed by atoms with Crippen LogP contribution in [-0.4, -0.2) is 73.7 Å². The number of amides is 1. The van der Waals surface area contributed by atoms with E-state index in [0.717, 1.165) is 38.8 Å². The summed E-state index contributed by atoms with van der Waals surface area (Å²) in [6.45, 7) is 5.62. The minimum absolute atomic E-state index is 0.0434. The van der Waals surface area contributed by atoms with Gasteiger partial charge >= 0.3 is 0 Å². The van der Waals surface area contributed by atoms with Gasteiger partial charge in [-0.1, -0.05) is 24.9 Å². The van der Waals surface area contributed by atoms with Gasteiger partial charge in [-0.05, 0) is 56.6 Å². The number of carbonyl (C=O) groups excluding carboxylic acids is 1. The van der Waals surface area contributed by atoms with E-state index in [0.29, 0.717) is 31.2 Å². The molecule has 0 aliphatic carbocycles. The molecule has 1 unspecified atom stereocenters. The van der Waals surface area contributed by atoms with Gasteiger partial charge in [-0.15, -0.1) is 0 Å². The number of nitrogens with zero attached hydrogens (tertiary/aromatic N) is 3. The second-order valence-corrected chi connectivity index (χ2v) is 9.61. The number of halogens is 1. The third-order valence-corrected chi connectivity index (χ3v) is 7.58. The molecule has 0 saturated carbocycles. The predicted octanol–water partition coefficient (Wildman–Crippen LogP) is 2.44. The molecule has 1 atom stereocenters. The number of sulfonamides is 1. The standard InChI is InChI=1S/C19H28ClN3O3S/c1-2-10-21-11-4-3-5-18(21)19(24)22-12-14-23(15-13-22)27(25,26)17-8-6-16(20)7-9-17/h6-9,18H,2-5,10-15H2,1H3. The maximum atomic E-state index is 13.0. The Morgan fingerprint density at radius 3 is 2.37 bits per heavy atom. The maximum Gasteiger partial charge on any atom is 0.243 e. The first-order valence-corrected chi connectivity index (χ1v) is 11.5. The van der Waals surface area contributed by atoms with Crippen molar-refractivity contribution in [2.45, 2.75) is 43.5 Å². The summed E-state index contributed by atoms with van der Waals surface area (Å²) in [5.41, 5.74) is 0. The number of benzene rings is 1. The van der Waals surface area contributed by atoms with Crippen LogP contribution in [0.1, 0.15) is 32.6 Å². The van der Waals surface area contributed by atoms with Crippen molar-refractivity contribution in [2.75, 3.05) is 39.3 Å². The Morgan fingerprint density at radius 1 is 1.07 bits per heavy atom. The zero-order valence-electron chi connectivity index (χ0n) is 15.8. The van der Waals surface area contributed by atoms with E-state index in [1.54, 1.807) is 12.1 Å². The highest BCUT2D eigenvalue weighted by Crippen LogP contribution is 2.22. The van der Waals surface area contributed by atoms with Crippen molar-refractivity contribution in [3.8, 4) is 0 Å². The Hall–Kier alpha value is -1.15. The normalized spacial score (nSPS) is 22.7. The first-order valence-electron chi connectivity index (χ1n) is 9.72. The molecule has 2 saturated heterocycles. The van der Waals surface area contributed by atoms with Crippen molar-refractivity contribution in [2.24, 2.45) is 0 Å². The van der Waals surface area contributed by atoms with Gasteiger partial charge in [0.05, 0.1) is 10.9 Å². The van der Waals surface area contributed by atoms with Crippen LogP contribution in [0, 0.1) is 0 Å². The van der Waals surface area contributed by atoms with Gasteiger partial charge in [-0.25, -0.2) is 8.42 Å². The van der Waals surface area contributed by atoms with Crippen LogP contribution in [-0.2, 0) is 14.8 Å². The Balaban J connectivity index is 1.62. The van der Waals surface area contributed by atoms with Gasteiger partial charge in [-0.2, -0.15) is 4.31 Å². The maximum absolute atomic E-state index is 13.0. The van der Waals surface area contributed by atoms with Gasteiger partial charge < -0.3 is 4.90 Å². The molecule has 2 heterocycles. The Morgan fingerprint density at radius 2 is 1.74 bits per heavy atom. The van der Waals surface area contributed by atoms with Crippen LogP contribution < -0.4 is 0 Å². The van der Waals surface area contributed by atoms with Gasteiger partial charge in [0.15, 0.2) is 0 Å². The second-order valence-electron chi connectivity index (χ2n) is 7.23. The minimum atomic E-state index is -3.55. The predicted molar refractivity (Wildman–Crippen MR) is 106 cm³/mol. The summed E-state index contributed by atoms with van der Waals surface area (Å²) in [6, 6.07) is 6.18. The summed E-state index contributed by atoms with van der Waals surface area (Å²) in [5.74, 6) is 0.159. The van der Waals surface area contributed by atoms with Crippen molar-refractivity contribution < 1.29 is 13.2 Å². The number of hydrogen-bond donors (Lipinski definition) is 0. The number of rotatable bonds is 5. The van der Waals surface area contributed by atoms with Crippen molar-refractivity contribution in [1.29, 1.82) is 0 Å². The molecule has 1 aromatic carbocycles. The van der Waals surface area contributed by atoms with E-state index in [1.165, 1.54) is 16.4 Å². The molecule has 0 aromatic heterocycles. The molecule has 0 spiro atoms. The van der Waals surface area contributed by atoms with Crippen LogP contribution in [0.3, 0.4) is 0 Å². The van der Waals surface area contributed by atoms with Gasteiger partial charge in [0.2, 0.25) is 15.9 Å². The lowest BCUT2D eigenvalue weighted by Gasteiger charge is -2.40. The summed E-state index contributed by atoms with van der Waals surface area (Å²) < 4.78 is 27.0. The van der Waals surface area contributed by atoms with Gasteiger partial charge in [-0.3, -0.25) is 9.69 Å². The summed E-state index contributed by atoms with van der Waals surface area (Å²) in [5, 5.41) is 0.508. The first kappa shape index (κ1) is 20.6. The van der Waals surface area contributed by atoms with E-state index in [9.17, 15) is 13.2 Å². The Bertz CT molecular complexity index is 744. The van der Waals surface area contributed by atoms with Crippen LogP contribution in [0.4, 0.5) is 0 Å². The van der Waals surface area contributed by atoms with Crippen LogP contribution in [0.15, 0.2) is 29.2 Å². The number of hydrogen-bond acceptors (Lipinski definition) is 4. The second kappa shape index (κ2) is 8.90. The minimum Gasteiger partial charge on any atom is -0.339 e. The summed E-state index contributed by atoms with van der Waals surface area (Å²) in [4.78, 5) is 17.4. The lowest BCUT2D eigenvalue weighted by atomic mass is 10.0. The lowest BCUT2D eigenvalue weighted by molar-refractivity contribution is -0.139. The van der Waals surface area contributed by atoms with Gasteiger partial charge in [0.1, 0.15) is 0 Å². The SMILES string of the molecule is CCCN1CCCCC1C(=O)N1CCN(S(=O)(=O)c2ccc(Cl)cc2)CC1. The van der Waals surface area contributed by atoms with Gasteiger partial charge in [0.25, 0.3) is 0 Å². The van der Waals surface area contributed by atoms with E-state index < -0.39 is 10.0 Å². The number of likely N-dealkylation sites (tertiary alicyclic amines) is 1. The summed E-state index contributed by atoms with van der Waals surface area (Å²) in [6.07, 6.45) is 4.18. The number of piperazine rings is 1. The topological polar surface area (TPSA) is 60.9 Å². The smallest absolute Gasteiger partial charge is 0.243 e. The van der Waals surface area contributed by atoms with Crippen LogP contribution in [0.2, 0.25) is 5.02 Å². The summed E-state index contributed by atoms with van der Waals surface area (Å²) >= 11 is 5.85. The van der Waals surface area contributed by atoms with Crippen molar-refractivity contribution in [3.63, 3.8) is 0 Å². The molecule has 6 nitrogen and oxygen atoms in total. The van der Waals surface area contributed by atoms with Crippen molar-refractivity contribution in [1.82, 2.24) is 14.1 Å². The zero-order valence-corrected chi connectivity index (χ0v) is 17.4. The van der Waals surface area contributed by atoms with E-state index in [4.69, 9.17) is 11.6 Å². The zero-order chi connectivity index (χ0) is 19.4. The third-order valence-electron chi connectivity index (χ3n) is 5.41. The fourth-order valence-corrected chi connectivity index (χ4v) is 5.49. The van der Waals surface area contributed by atoms with Crippen LogP contribution in [0.25, 0.3) is 0 Å². The molecule has 8 heteroatoms. The molecule has 0 N–H and O–H groups in total. The quantitative estimate of drug-likeness (QED) is 0.743. The third kappa shape index (κ3) is 4.65. The highest BCUT2D eigenvalue weighted by atomic mass is 35.5. The fraction of sp³-hybridized carbons (Fsp3) is 0.632. The molecule has 2 aliphatic heterocycles. The first-order chi connectivity index (χ1) is 12.9. The average Bonchev–Trinajstić information content (AvgIpc) is 2.68. The number of carbonyl (C=O) groups is 1. The van der Waals surface area contributed by atoms with Gasteiger partial charge in [0, 0.05) is 31.2 Å². The molecule has 1 amide bonds. The monoisotopic (exact) mass is 413 g/mol. The molecule has 150 valence electrons. The van der Waals surface area contributed by atoms with E-state index >= 15 is 0 Å². The molecule has 0 radical (unpaired) electrons. The molecule has 0 bridgehead atoms.